The lowest BCUT2D eigenvalue weighted by Gasteiger charge is -2.62. The van der Waals surface area contributed by atoms with Gasteiger partial charge in [0.25, 0.3) is 0 Å². The van der Waals surface area contributed by atoms with Crippen molar-refractivity contribution >= 4 is 0 Å². The summed E-state index contributed by atoms with van der Waals surface area (Å²) in [4.78, 5) is 0. The molecule has 2 nitrogen and oxygen atoms in total. The Morgan fingerprint density at radius 1 is 1.14 bits per heavy atom. The monoisotopic (exact) mass is 306 g/mol. The maximum Gasteiger partial charge on any atom is 0.0615 e. The first kappa shape index (κ1) is 16.5. The Hall–Kier alpha value is -0.340. The number of rotatable bonds is 2. The summed E-state index contributed by atoms with van der Waals surface area (Å²) >= 11 is 0. The van der Waals surface area contributed by atoms with Crippen molar-refractivity contribution in [1.29, 1.82) is 0 Å². The van der Waals surface area contributed by atoms with E-state index in [4.69, 9.17) is 0 Å². The molecule has 0 aromatic heterocycles. The van der Waals surface area contributed by atoms with Crippen molar-refractivity contribution in [3.05, 3.63) is 11.6 Å². The molecule has 22 heavy (non-hydrogen) atoms. The lowest BCUT2D eigenvalue weighted by Crippen LogP contribution is -2.55. The normalized spacial score (nSPS) is 50.5. The van der Waals surface area contributed by atoms with E-state index in [-0.39, 0.29) is 12.0 Å². The van der Waals surface area contributed by atoms with E-state index in [1.165, 1.54) is 50.5 Å². The van der Waals surface area contributed by atoms with E-state index in [2.05, 4.69) is 26.8 Å². The maximum absolute atomic E-state index is 10.0. The number of allylic oxidation sites excluding steroid dienone is 1. The van der Waals surface area contributed by atoms with E-state index < -0.39 is 0 Å². The molecule has 2 N–H and O–H groups in total. The zero-order valence-corrected chi connectivity index (χ0v) is 14.6. The highest BCUT2D eigenvalue weighted by atomic mass is 16.3. The number of aliphatic hydroxyl groups excluding tert-OH is 2. The van der Waals surface area contributed by atoms with Gasteiger partial charge in [-0.1, -0.05) is 38.8 Å². The van der Waals surface area contributed by atoms with E-state index in [1.807, 2.05) is 0 Å². The molecule has 3 saturated carbocycles. The highest BCUT2D eigenvalue weighted by Crippen LogP contribution is 2.64. The van der Waals surface area contributed by atoms with Crippen LogP contribution in [-0.2, 0) is 0 Å². The van der Waals surface area contributed by atoms with Gasteiger partial charge in [0.2, 0.25) is 0 Å². The van der Waals surface area contributed by atoms with E-state index in [9.17, 15) is 10.2 Å². The fourth-order valence-electron chi connectivity index (χ4n) is 6.75. The van der Waals surface area contributed by atoms with E-state index in [0.29, 0.717) is 23.9 Å². The summed E-state index contributed by atoms with van der Waals surface area (Å²) in [6.45, 7) is 7.80. The zero-order valence-electron chi connectivity index (χ0n) is 14.6. The van der Waals surface area contributed by atoms with Crippen LogP contribution >= 0.6 is 0 Å². The van der Waals surface area contributed by atoms with Crippen molar-refractivity contribution in [2.75, 3.05) is 13.2 Å². The number of fused-ring (bicyclic) bond motifs is 3. The highest BCUT2D eigenvalue weighted by molar-refractivity contribution is 5.16. The predicted molar refractivity (Wildman–Crippen MR) is 90.4 cm³/mol. The fraction of sp³-hybridized carbons (Fsp3) is 0.900. The van der Waals surface area contributed by atoms with E-state index >= 15 is 0 Å². The molecule has 6 atom stereocenters. The van der Waals surface area contributed by atoms with Crippen molar-refractivity contribution in [2.24, 2.45) is 34.5 Å². The third-order valence-corrected chi connectivity index (χ3v) is 7.94. The topological polar surface area (TPSA) is 40.5 Å². The molecule has 0 spiro atoms. The minimum atomic E-state index is 0.141. The number of hydrogen-bond donors (Lipinski definition) is 2. The first-order valence-electron chi connectivity index (χ1n) is 9.37. The second-order valence-electron chi connectivity index (χ2n) is 8.86. The molecule has 0 aliphatic heterocycles. The van der Waals surface area contributed by atoms with Crippen LogP contribution in [0, 0.1) is 34.5 Å². The van der Waals surface area contributed by atoms with Gasteiger partial charge in [-0.05, 0) is 73.0 Å². The SMILES string of the molecule is CC1C(=CCO)CCC2C1CCC1C(C)(CO)CCCC21C. The first-order valence-corrected chi connectivity index (χ1v) is 9.37. The smallest absolute Gasteiger partial charge is 0.0615 e. The van der Waals surface area contributed by atoms with Gasteiger partial charge in [-0.2, -0.15) is 0 Å². The molecular formula is C20H34O2. The summed E-state index contributed by atoms with van der Waals surface area (Å²) in [7, 11) is 0. The van der Waals surface area contributed by atoms with Crippen LogP contribution in [0.5, 0.6) is 0 Å². The second-order valence-corrected chi connectivity index (χ2v) is 8.86. The minimum Gasteiger partial charge on any atom is -0.396 e. The Balaban J connectivity index is 1.89. The third-order valence-electron chi connectivity index (χ3n) is 7.94. The van der Waals surface area contributed by atoms with Gasteiger partial charge in [0.05, 0.1) is 6.61 Å². The summed E-state index contributed by atoms with van der Waals surface area (Å²) in [5.41, 5.74) is 2.05. The largest absolute Gasteiger partial charge is 0.396 e. The van der Waals surface area contributed by atoms with Gasteiger partial charge in [-0.15, -0.1) is 0 Å². The van der Waals surface area contributed by atoms with Crippen molar-refractivity contribution in [1.82, 2.24) is 0 Å². The second kappa shape index (κ2) is 5.94. The van der Waals surface area contributed by atoms with Gasteiger partial charge in [-0.25, -0.2) is 0 Å². The van der Waals surface area contributed by atoms with Crippen LogP contribution < -0.4 is 0 Å². The Kier molecular flexibility index (Phi) is 4.46. The Morgan fingerprint density at radius 3 is 2.59 bits per heavy atom. The quantitative estimate of drug-likeness (QED) is 0.752. The molecule has 3 aliphatic carbocycles. The van der Waals surface area contributed by atoms with Gasteiger partial charge < -0.3 is 10.2 Å². The van der Waals surface area contributed by atoms with Crippen molar-refractivity contribution in [3.63, 3.8) is 0 Å². The number of aliphatic hydroxyl groups is 2. The Labute approximate surface area is 136 Å². The van der Waals surface area contributed by atoms with Gasteiger partial charge >= 0.3 is 0 Å². The molecule has 0 aromatic rings. The molecule has 3 fully saturated rings. The predicted octanol–water partition coefficient (Wildman–Crippen LogP) is 4.17. The first-order chi connectivity index (χ1) is 10.5. The van der Waals surface area contributed by atoms with Crippen LogP contribution in [0.3, 0.4) is 0 Å². The summed E-state index contributed by atoms with van der Waals surface area (Å²) in [6, 6.07) is 0. The van der Waals surface area contributed by atoms with Gasteiger partial charge in [0.15, 0.2) is 0 Å². The average molecular weight is 306 g/mol. The van der Waals surface area contributed by atoms with Gasteiger partial charge in [-0.3, -0.25) is 0 Å². The maximum atomic E-state index is 10.0. The van der Waals surface area contributed by atoms with Crippen molar-refractivity contribution in [2.45, 2.75) is 65.7 Å². The van der Waals surface area contributed by atoms with Crippen LogP contribution in [-0.4, -0.2) is 23.4 Å². The fourth-order valence-corrected chi connectivity index (χ4v) is 6.75. The van der Waals surface area contributed by atoms with Crippen LogP contribution in [0.2, 0.25) is 0 Å². The molecular weight excluding hydrogens is 272 g/mol. The molecule has 3 aliphatic rings. The van der Waals surface area contributed by atoms with Gasteiger partial charge in [0.1, 0.15) is 0 Å². The molecule has 126 valence electrons. The molecule has 6 unspecified atom stereocenters. The van der Waals surface area contributed by atoms with E-state index in [0.717, 1.165) is 11.8 Å². The summed E-state index contributed by atoms with van der Waals surface area (Å²) < 4.78 is 0. The standard InChI is InChI=1S/C20H34O2/c1-14-15(9-12-21)5-7-17-16(14)6-8-18-19(2,13-22)10-4-11-20(17,18)3/h9,14,16-18,21-22H,4-8,10-13H2,1-3H3. The Bertz CT molecular complexity index is 443. The Morgan fingerprint density at radius 2 is 1.91 bits per heavy atom. The molecule has 0 heterocycles. The van der Waals surface area contributed by atoms with Crippen LogP contribution in [0.15, 0.2) is 11.6 Å². The lowest BCUT2D eigenvalue weighted by atomic mass is 9.43. The lowest BCUT2D eigenvalue weighted by molar-refractivity contribution is -0.132. The summed E-state index contributed by atoms with van der Waals surface area (Å²) in [5, 5.41) is 19.3. The molecule has 0 saturated heterocycles. The molecule has 0 bridgehead atoms. The molecule has 0 amide bonds. The van der Waals surface area contributed by atoms with Gasteiger partial charge in [0, 0.05) is 6.61 Å². The molecule has 3 rings (SSSR count). The minimum absolute atomic E-state index is 0.141. The molecule has 0 aromatic carbocycles. The summed E-state index contributed by atoms with van der Waals surface area (Å²) in [6.07, 6.45) is 10.9. The van der Waals surface area contributed by atoms with E-state index in [1.54, 1.807) is 0 Å². The molecule has 0 radical (unpaired) electrons. The highest BCUT2D eigenvalue weighted by Gasteiger charge is 2.57. The van der Waals surface area contributed by atoms with Crippen LogP contribution in [0.25, 0.3) is 0 Å². The van der Waals surface area contributed by atoms with Crippen molar-refractivity contribution in [3.8, 4) is 0 Å². The molecule has 2 heteroatoms. The summed E-state index contributed by atoms with van der Waals surface area (Å²) in [5.74, 6) is 2.92. The van der Waals surface area contributed by atoms with Crippen LogP contribution in [0.1, 0.15) is 65.7 Å². The zero-order chi connectivity index (χ0) is 16.0. The van der Waals surface area contributed by atoms with Crippen LogP contribution in [0.4, 0.5) is 0 Å². The average Bonchev–Trinajstić information content (AvgIpc) is 2.50. The third kappa shape index (κ3) is 2.38. The number of hydrogen-bond acceptors (Lipinski definition) is 2. The van der Waals surface area contributed by atoms with Crippen molar-refractivity contribution < 1.29 is 10.2 Å².